The Balaban J connectivity index is 1.77. The first kappa shape index (κ1) is 13.8. The van der Waals surface area contributed by atoms with E-state index >= 15 is 0 Å². The van der Waals surface area contributed by atoms with Gasteiger partial charge in [0.2, 0.25) is 0 Å². The molecule has 1 fully saturated rings. The van der Waals surface area contributed by atoms with E-state index in [1.165, 1.54) is 22.9 Å². The van der Waals surface area contributed by atoms with E-state index in [-0.39, 0.29) is 0 Å². The number of hydrogen-bond donors (Lipinski definition) is 1. The van der Waals surface area contributed by atoms with Crippen molar-refractivity contribution in [1.82, 2.24) is 20.3 Å². The van der Waals surface area contributed by atoms with E-state index in [0.29, 0.717) is 5.92 Å². The molecule has 1 aromatic heterocycles. The number of halogens is 1. The first-order valence-electron chi connectivity index (χ1n) is 7.05. The van der Waals surface area contributed by atoms with Crippen LogP contribution in [0.1, 0.15) is 30.0 Å². The lowest BCUT2D eigenvalue weighted by atomic mass is 9.94. The topological polar surface area (TPSA) is 42.7 Å². The Bertz CT molecular complexity index is 577. The lowest BCUT2D eigenvalue weighted by molar-refractivity contribution is 0.570. The molecule has 1 N–H and O–H groups in total. The standard InChI is InChI=1S/C15H19BrN4/c1-20-10-13(18-19-20)8-11(9-17-12-6-7-12)14-4-2-3-5-15(14)16/h2-5,10-12,17H,6-9H2,1H3. The van der Waals surface area contributed by atoms with E-state index in [0.717, 1.165) is 24.7 Å². The Morgan fingerprint density at radius 1 is 1.40 bits per heavy atom. The summed E-state index contributed by atoms with van der Waals surface area (Å²) in [5, 5.41) is 11.9. The van der Waals surface area contributed by atoms with Gasteiger partial charge in [-0.1, -0.05) is 39.3 Å². The smallest absolute Gasteiger partial charge is 0.0833 e. The molecule has 3 rings (SSSR count). The minimum atomic E-state index is 0.419. The van der Waals surface area contributed by atoms with Crippen molar-refractivity contribution in [2.75, 3.05) is 6.54 Å². The molecule has 4 nitrogen and oxygen atoms in total. The van der Waals surface area contributed by atoms with Crippen molar-refractivity contribution in [2.45, 2.75) is 31.2 Å². The summed E-state index contributed by atoms with van der Waals surface area (Å²) in [5.74, 6) is 0.419. The molecular weight excluding hydrogens is 316 g/mol. The normalized spacial score (nSPS) is 16.3. The second-order valence-corrected chi connectivity index (χ2v) is 6.34. The summed E-state index contributed by atoms with van der Waals surface area (Å²) in [7, 11) is 1.91. The minimum Gasteiger partial charge on any atom is -0.313 e. The fourth-order valence-corrected chi connectivity index (χ4v) is 3.04. The lowest BCUT2D eigenvalue weighted by Gasteiger charge is -2.18. The van der Waals surface area contributed by atoms with Gasteiger partial charge in [0.05, 0.1) is 5.69 Å². The summed E-state index contributed by atoms with van der Waals surface area (Å²) in [5.41, 5.74) is 2.39. The summed E-state index contributed by atoms with van der Waals surface area (Å²) >= 11 is 3.67. The average Bonchev–Trinajstić information content (AvgIpc) is 3.18. The maximum Gasteiger partial charge on any atom is 0.0833 e. The van der Waals surface area contributed by atoms with Crippen LogP contribution in [0.15, 0.2) is 34.9 Å². The second kappa shape index (κ2) is 6.06. The predicted molar refractivity (Wildman–Crippen MR) is 82.6 cm³/mol. The highest BCUT2D eigenvalue weighted by molar-refractivity contribution is 9.10. The zero-order valence-corrected chi connectivity index (χ0v) is 13.2. The lowest BCUT2D eigenvalue weighted by Crippen LogP contribution is -2.25. The summed E-state index contributed by atoms with van der Waals surface area (Å²) in [6, 6.07) is 9.18. The van der Waals surface area contributed by atoms with Crippen LogP contribution in [0.2, 0.25) is 0 Å². The highest BCUT2D eigenvalue weighted by Gasteiger charge is 2.23. The van der Waals surface area contributed by atoms with Crippen molar-refractivity contribution in [2.24, 2.45) is 7.05 Å². The summed E-state index contributed by atoms with van der Waals surface area (Å²) in [6.07, 6.45) is 5.54. The minimum absolute atomic E-state index is 0.419. The second-order valence-electron chi connectivity index (χ2n) is 5.49. The highest BCUT2D eigenvalue weighted by Crippen LogP contribution is 2.28. The molecule has 20 heavy (non-hydrogen) atoms. The van der Waals surface area contributed by atoms with Crippen LogP contribution in [0.3, 0.4) is 0 Å². The maximum atomic E-state index is 4.22. The van der Waals surface area contributed by atoms with Crippen LogP contribution < -0.4 is 5.32 Å². The zero-order valence-electron chi connectivity index (χ0n) is 11.6. The molecule has 5 heteroatoms. The molecule has 1 heterocycles. The van der Waals surface area contributed by atoms with Gasteiger partial charge >= 0.3 is 0 Å². The molecule has 0 amide bonds. The summed E-state index contributed by atoms with van der Waals surface area (Å²) in [4.78, 5) is 0. The quantitative estimate of drug-likeness (QED) is 0.883. The first-order valence-corrected chi connectivity index (χ1v) is 7.84. The van der Waals surface area contributed by atoms with Gasteiger partial charge in [-0.15, -0.1) is 5.10 Å². The Morgan fingerprint density at radius 2 is 2.20 bits per heavy atom. The van der Waals surface area contributed by atoms with E-state index in [9.17, 15) is 0 Å². The molecule has 1 aliphatic rings. The highest BCUT2D eigenvalue weighted by atomic mass is 79.9. The van der Waals surface area contributed by atoms with Crippen LogP contribution in [0, 0.1) is 0 Å². The van der Waals surface area contributed by atoms with Gasteiger partial charge in [-0.25, -0.2) is 0 Å². The molecular formula is C15H19BrN4. The molecule has 0 saturated heterocycles. The number of nitrogens with one attached hydrogen (secondary N) is 1. The number of benzene rings is 1. The third kappa shape index (κ3) is 3.46. The van der Waals surface area contributed by atoms with Crippen LogP contribution >= 0.6 is 15.9 Å². The molecule has 1 aromatic carbocycles. The molecule has 1 aliphatic carbocycles. The number of nitrogens with zero attached hydrogens (tertiary/aromatic N) is 3. The van der Waals surface area contributed by atoms with Crippen LogP contribution in [-0.4, -0.2) is 27.6 Å². The molecule has 1 unspecified atom stereocenters. The van der Waals surface area contributed by atoms with Gasteiger partial charge in [0.15, 0.2) is 0 Å². The fraction of sp³-hybridized carbons (Fsp3) is 0.467. The van der Waals surface area contributed by atoms with Crippen molar-refractivity contribution in [1.29, 1.82) is 0 Å². The molecule has 0 radical (unpaired) electrons. The van der Waals surface area contributed by atoms with Gasteiger partial charge in [-0.05, 0) is 24.5 Å². The van der Waals surface area contributed by atoms with Crippen LogP contribution in [-0.2, 0) is 13.5 Å². The monoisotopic (exact) mass is 334 g/mol. The van der Waals surface area contributed by atoms with E-state index in [1.807, 2.05) is 13.2 Å². The molecule has 1 saturated carbocycles. The van der Waals surface area contributed by atoms with E-state index in [2.05, 4.69) is 55.8 Å². The number of aryl methyl sites for hydroxylation is 1. The van der Waals surface area contributed by atoms with Gasteiger partial charge < -0.3 is 5.32 Å². The fourth-order valence-electron chi connectivity index (χ4n) is 2.44. The molecule has 0 aliphatic heterocycles. The Kier molecular flexibility index (Phi) is 4.17. The predicted octanol–water partition coefficient (Wildman–Crippen LogP) is 2.66. The molecule has 0 spiro atoms. The van der Waals surface area contributed by atoms with Crippen molar-refractivity contribution in [3.8, 4) is 0 Å². The van der Waals surface area contributed by atoms with Gasteiger partial charge in [0, 0.05) is 42.6 Å². The van der Waals surface area contributed by atoms with Gasteiger partial charge in [-0.2, -0.15) is 0 Å². The Labute approximate surface area is 127 Å². The number of rotatable bonds is 6. The Morgan fingerprint density at radius 3 is 2.85 bits per heavy atom. The van der Waals surface area contributed by atoms with E-state index in [4.69, 9.17) is 0 Å². The average molecular weight is 335 g/mol. The Hall–Kier alpha value is -1.20. The number of hydrogen-bond acceptors (Lipinski definition) is 3. The van der Waals surface area contributed by atoms with Gasteiger partial charge in [0.25, 0.3) is 0 Å². The zero-order chi connectivity index (χ0) is 13.9. The summed E-state index contributed by atoms with van der Waals surface area (Å²) in [6.45, 7) is 0.990. The largest absolute Gasteiger partial charge is 0.313 e. The molecule has 0 bridgehead atoms. The van der Waals surface area contributed by atoms with Gasteiger partial charge in [0.1, 0.15) is 0 Å². The maximum absolute atomic E-state index is 4.22. The SMILES string of the molecule is Cn1cc(CC(CNC2CC2)c2ccccc2Br)nn1. The summed E-state index contributed by atoms with van der Waals surface area (Å²) < 4.78 is 2.94. The van der Waals surface area contributed by atoms with Crippen LogP contribution in [0.4, 0.5) is 0 Å². The van der Waals surface area contributed by atoms with Crippen molar-refractivity contribution >= 4 is 15.9 Å². The molecule has 2 aromatic rings. The van der Waals surface area contributed by atoms with Crippen molar-refractivity contribution in [3.63, 3.8) is 0 Å². The van der Waals surface area contributed by atoms with Crippen LogP contribution in [0.25, 0.3) is 0 Å². The molecule has 106 valence electrons. The van der Waals surface area contributed by atoms with Crippen LogP contribution in [0.5, 0.6) is 0 Å². The first-order chi connectivity index (χ1) is 9.72. The third-order valence-corrected chi connectivity index (χ3v) is 4.40. The number of aromatic nitrogens is 3. The molecule has 1 atom stereocenters. The van der Waals surface area contributed by atoms with E-state index in [1.54, 1.807) is 4.68 Å². The third-order valence-electron chi connectivity index (χ3n) is 3.68. The van der Waals surface area contributed by atoms with Crippen molar-refractivity contribution in [3.05, 3.63) is 46.2 Å². The van der Waals surface area contributed by atoms with E-state index < -0.39 is 0 Å². The van der Waals surface area contributed by atoms with Gasteiger partial charge in [-0.3, -0.25) is 4.68 Å². The van der Waals surface area contributed by atoms with Crippen molar-refractivity contribution < 1.29 is 0 Å².